The second-order valence-corrected chi connectivity index (χ2v) is 12.4. The molecule has 0 bridgehead atoms. The Balaban J connectivity index is 1.63. The average molecular weight is 678 g/mol. The van der Waals surface area contributed by atoms with Crippen LogP contribution in [0, 0.1) is 17.0 Å². The molecule has 0 aliphatic carbocycles. The first-order valence-corrected chi connectivity index (χ1v) is 16.1. The first kappa shape index (κ1) is 33.0. The highest BCUT2D eigenvalue weighted by Gasteiger charge is 2.31. The van der Waals surface area contributed by atoms with Crippen LogP contribution in [0.15, 0.2) is 81.6 Å². The Kier molecular flexibility index (Phi) is 9.11. The van der Waals surface area contributed by atoms with Crippen LogP contribution in [-0.2, 0) is 0 Å². The van der Waals surface area contributed by atoms with E-state index in [1.807, 2.05) is 0 Å². The number of ether oxygens (including phenoxy) is 1. The van der Waals surface area contributed by atoms with E-state index in [2.05, 4.69) is 10.3 Å². The number of hydrogen-bond donors (Lipinski definition) is 1. The predicted molar refractivity (Wildman–Crippen MR) is 181 cm³/mol. The molecule has 2 aromatic heterocycles. The molecule has 0 saturated heterocycles. The third-order valence-corrected chi connectivity index (χ3v) is 8.90. The Morgan fingerprint density at radius 1 is 0.958 bits per heavy atom. The Morgan fingerprint density at radius 2 is 1.69 bits per heavy atom. The summed E-state index contributed by atoms with van der Waals surface area (Å²) in [6, 6.07) is 18.7. The zero-order valence-electron chi connectivity index (χ0n) is 26.5. The number of aromatic nitrogens is 1. The first-order valence-electron chi connectivity index (χ1n) is 14.9. The molecule has 0 aliphatic heterocycles. The summed E-state index contributed by atoms with van der Waals surface area (Å²) in [4.78, 5) is 17.8. The van der Waals surface area contributed by atoms with E-state index in [0.29, 0.717) is 44.7 Å². The summed E-state index contributed by atoms with van der Waals surface area (Å²) in [5, 5.41) is 3.11. The highest BCUT2D eigenvalue weighted by atomic mass is 32.2. The number of oxazole rings is 1. The van der Waals surface area contributed by atoms with Crippen molar-refractivity contribution in [2.75, 3.05) is 44.6 Å². The maximum absolute atomic E-state index is 14.6. The van der Waals surface area contributed by atoms with Gasteiger partial charge in [0.05, 0.1) is 37.3 Å². The standard InChI is InChI=1S/C36H31F4N3O4S/c1-36(17-37,18-38)19-43(48-4)27-16-30-24(31(34(44)41-2)33(46-30)20-8-11-22(39)12-9-20)15-23(27)21-10-13-28(45-3)25(14-21)35-42-32-26(40)6-5-7-29(32)47-35/h5-16H,17-19H2,1-4H3,(H,41,44). The van der Waals surface area contributed by atoms with Crippen molar-refractivity contribution in [1.82, 2.24) is 10.3 Å². The third-order valence-electron chi connectivity index (χ3n) is 8.14. The monoisotopic (exact) mass is 677 g/mol. The van der Waals surface area contributed by atoms with Crippen molar-refractivity contribution in [3.63, 3.8) is 0 Å². The number of alkyl halides is 2. The minimum atomic E-state index is -1.31. The van der Waals surface area contributed by atoms with E-state index in [1.54, 1.807) is 47.0 Å². The second kappa shape index (κ2) is 13.3. The molecular formula is C36H31F4N3O4S. The van der Waals surface area contributed by atoms with Gasteiger partial charge in [0, 0.05) is 47.8 Å². The van der Waals surface area contributed by atoms with Crippen LogP contribution in [0.1, 0.15) is 17.3 Å². The molecule has 1 N–H and O–H groups in total. The number of para-hydroxylation sites is 1. The molecule has 6 rings (SSSR count). The minimum absolute atomic E-state index is 0.000915. The molecule has 48 heavy (non-hydrogen) atoms. The number of fused-ring (bicyclic) bond motifs is 2. The number of carbonyl (C=O) groups excluding carboxylic acids is 1. The van der Waals surface area contributed by atoms with Crippen LogP contribution in [-0.4, -0.2) is 51.2 Å². The molecule has 6 aromatic rings. The maximum Gasteiger partial charge on any atom is 0.255 e. The van der Waals surface area contributed by atoms with Crippen molar-refractivity contribution < 1.29 is 35.9 Å². The van der Waals surface area contributed by atoms with Gasteiger partial charge >= 0.3 is 0 Å². The van der Waals surface area contributed by atoms with Crippen LogP contribution in [0.2, 0.25) is 0 Å². The second-order valence-electron chi connectivity index (χ2n) is 11.6. The highest BCUT2D eigenvalue weighted by molar-refractivity contribution is 8.00. The van der Waals surface area contributed by atoms with Crippen molar-refractivity contribution in [2.45, 2.75) is 6.92 Å². The number of rotatable bonds is 11. The number of nitrogens with zero attached hydrogens (tertiary/aromatic N) is 2. The van der Waals surface area contributed by atoms with Crippen LogP contribution in [0.25, 0.3) is 56.0 Å². The lowest BCUT2D eigenvalue weighted by Crippen LogP contribution is -2.35. The lowest BCUT2D eigenvalue weighted by Gasteiger charge is -2.32. The van der Waals surface area contributed by atoms with Gasteiger partial charge in [0.15, 0.2) is 11.4 Å². The van der Waals surface area contributed by atoms with Gasteiger partial charge in [-0.1, -0.05) is 31.0 Å². The van der Waals surface area contributed by atoms with Gasteiger partial charge in [-0.15, -0.1) is 0 Å². The number of hydrogen-bond acceptors (Lipinski definition) is 7. The summed E-state index contributed by atoms with van der Waals surface area (Å²) in [7, 11) is 2.98. The summed E-state index contributed by atoms with van der Waals surface area (Å²) in [6.07, 6.45) is 1.79. The summed E-state index contributed by atoms with van der Waals surface area (Å²) >= 11 is 1.27. The molecular weight excluding hydrogens is 646 g/mol. The number of carbonyl (C=O) groups is 1. The Morgan fingerprint density at radius 3 is 2.33 bits per heavy atom. The number of methoxy groups -OCH3 is 1. The van der Waals surface area contributed by atoms with E-state index in [0.717, 1.165) is 0 Å². The highest BCUT2D eigenvalue weighted by Crippen LogP contribution is 2.45. The van der Waals surface area contributed by atoms with Crippen LogP contribution in [0.4, 0.5) is 23.2 Å². The van der Waals surface area contributed by atoms with Crippen LogP contribution >= 0.6 is 11.9 Å². The topological polar surface area (TPSA) is 80.7 Å². The van der Waals surface area contributed by atoms with Gasteiger partial charge in [-0.25, -0.2) is 13.8 Å². The molecule has 0 saturated carbocycles. The maximum atomic E-state index is 14.6. The normalized spacial score (nSPS) is 11.8. The molecule has 0 spiro atoms. The van der Waals surface area contributed by atoms with Gasteiger partial charge in [-0.05, 0) is 60.2 Å². The SMILES string of the molecule is CNC(=O)c1c(-c2ccc(F)cc2)oc2cc(N(CC(C)(CF)CF)SC)c(-c3ccc(OC)c(-c4nc5c(F)cccc5o4)c3)cc12. The molecule has 0 radical (unpaired) electrons. The summed E-state index contributed by atoms with van der Waals surface area (Å²) in [6.45, 7) is -0.263. The van der Waals surface area contributed by atoms with E-state index >= 15 is 0 Å². The van der Waals surface area contributed by atoms with E-state index in [4.69, 9.17) is 13.6 Å². The van der Waals surface area contributed by atoms with Crippen molar-refractivity contribution in [1.29, 1.82) is 0 Å². The third kappa shape index (κ3) is 5.96. The van der Waals surface area contributed by atoms with Gasteiger partial charge in [-0.2, -0.15) is 0 Å². The number of amides is 1. The predicted octanol–water partition coefficient (Wildman–Crippen LogP) is 9.25. The Hall–Kier alpha value is -4.97. The Labute approximate surface area is 278 Å². The molecule has 12 heteroatoms. The molecule has 7 nitrogen and oxygen atoms in total. The lowest BCUT2D eigenvalue weighted by molar-refractivity contribution is 0.0964. The molecule has 1 amide bonds. The van der Waals surface area contributed by atoms with Gasteiger partial charge in [0.2, 0.25) is 5.89 Å². The van der Waals surface area contributed by atoms with Gasteiger partial charge in [-0.3, -0.25) is 13.6 Å². The summed E-state index contributed by atoms with van der Waals surface area (Å²) in [5.41, 5.74) is 2.21. The molecule has 0 aliphatic rings. The van der Waals surface area contributed by atoms with E-state index < -0.39 is 36.3 Å². The van der Waals surface area contributed by atoms with Crippen LogP contribution in [0.3, 0.4) is 0 Å². The quantitative estimate of drug-likeness (QED) is 0.108. The molecule has 0 fully saturated rings. The first-order chi connectivity index (χ1) is 23.1. The van der Waals surface area contributed by atoms with Crippen LogP contribution in [0.5, 0.6) is 5.75 Å². The van der Waals surface area contributed by atoms with E-state index in [9.17, 15) is 22.4 Å². The zero-order valence-corrected chi connectivity index (χ0v) is 27.3. The summed E-state index contributed by atoms with van der Waals surface area (Å²) < 4.78 is 76.3. The number of furan rings is 1. The number of halogens is 4. The van der Waals surface area contributed by atoms with E-state index in [1.165, 1.54) is 69.4 Å². The molecule has 0 atom stereocenters. The number of nitrogens with one attached hydrogen (secondary N) is 1. The van der Waals surface area contributed by atoms with Crippen molar-refractivity contribution in [3.05, 3.63) is 90.0 Å². The van der Waals surface area contributed by atoms with Crippen molar-refractivity contribution in [3.8, 4) is 39.7 Å². The fourth-order valence-electron chi connectivity index (χ4n) is 5.51. The minimum Gasteiger partial charge on any atom is -0.496 e. The largest absolute Gasteiger partial charge is 0.496 e. The van der Waals surface area contributed by atoms with Crippen molar-refractivity contribution >= 4 is 45.6 Å². The number of anilines is 1. The fraction of sp³-hybridized carbons (Fsp3) is 0.222. The lowest BCUT2D eigenvalue weighted by atomic mass is 9.93. The van der Waals surface area contributed by atoms with Gasteiger partial charge in [0.1, 0.15) is 28.4 Å². The molecule has 0 unspecified atom stereocenters. The van der Waals surface area contributed by atoms with Gasteiger partial charge < -0.3 is 23.2 Å². The molecule has 248 valence electrons. The smallest absolute Gasteiger partial charge is 0.255 e. The molecule has 2 heterocycles. The van der Waals surface area contributed by atoms with E-state index in [-0.39, 0.29) is 34.9 Å². The summed E-state index contributed by atoms with van der Waals surface area (Å²) in [5.74, 6) is -0.663. The average Bonchev–Trinajstić information content (AvgIpc) is 3.72. The Bertz CT molecular complexity index is 2130. The molecule has 4 aromatic carbocycles. The van der Waals surface area contributed by atoms with Crippen molar-refractivity contribution in [2.24, 2.45) is 5.41 Å². The zero-order chi connectivity index (χ0) is 34.2. The van der Waals surface area contributed by atoms with Gasteiger partial charge in [0.25, 0.3) is 5.91 Å². The number of benzene rings is 4. The van der Waals surface area contributed by atoms with Crippen LogP contribution < -0.4 is 14.4 Å². The fourth-order valence-corrected chi connectivity index (χ4v) is 6.30.